The molecule has 0 bridgehead atoms. The van der Waals surface area contributed by atoms with E-state index in [0.29, 0.717) is 29.4 Å². The molecule has 0 saturated heterocycles. The number of hydrogen-bond acceptors (Lipinski definition) is 5. The van der Waals surface area contributed by atoms with Gasteiger partial charge in [-0.05, 0) is 53.8 Å². The summed E-state index contributed by atoms with van der Waals surface area (Å²) in [5.74, 6) is 0.218. The Morgan fingerprint density at radius 3 is 2.31 bits per heavy atom. The summed E-state index contributed by atoms with van der Waals surface area (Å²) in [5, 5.41) is 2.75. The van der Waals surface area contributed by atoms with E-state index in [1.165, 1.54) is 7.11 Å². The maximum absolute atomic E-state index is 12.3. The number of hydrogen-bond donors (Lipinski definition) is 1. The van der Waals surface area contributed by atoms with E-state index in [9.17, 15) is 9.59 Å². The van der Waals surface area contributed by atoms with Crippen LogP contribution < -0.4 is 14.8 Å². The molecule has 0 atom stereocenters. The van der Waals surface area contributed by atoms with Crippen LogP contribution in [0.4, 0.5) is 5.69 Å². The molecule has 0 aliphatic heterocycles. The molecule has 2 aromatic rings. The van der Waals surface area contributed by atoms with Gasteiger partial charge in [0.25, 0.3) is 5.91 Å². The van der Waals surface area contributed by atoms with Crippen molar-refractivity contribution < 1.29 is 23.8 Å². The summed E-state index contributed by atoms with van der Waals surface area (Å²) < 4.78 is 15.9. The number of ether oxygens (including phenoxy) is 3. The van der Waals surface area contributed by atoms with Crippen LogP contribution in [-0.2, 0) is 14.9 Å². The third-order valence-corrected chi connectivity index (χ3v) is 4.24. The SMILES string of the molecule is CCCOc1ccc(C(=O)OCC(=O)Nc2cc(C(C)(C)C)ccc2OC)cc1. The van der Waals surface area contributed by atoms with Gasteiger partial charge in [0.05, 0.1) is 25.0 Å². The first kappa shape index (κ1) is 22.3. The van der Waals surface area contributed by atoms with Crippen LogP contribution in [0.1, 0.15) is 50.0 Å². The Morgan fingerprint density at radius 2 is 1.72 bits per heavy atom. The second-order valence-corrected chi connectivity index (χ2v) is 7.66. The highest BCUT2D eigenvalue weighted by atomic mass is 16.5. The highest BCUT2D eigenvalue weighted by Crippen LogP contribution is 2.31. The number of benzene rings is 2. The standard InChI is InChI=1S/C23H29NO5/c1-6-13-28-18-10-7-16(8-11-18)22(26)29-15-21(25)24-19-14-17(23(2,3)4)9-12-20(19)27-5/h7-12,14H,6,13,15H2,1-5H3,(H,24,25). The Labute approximate surface area is 172 Å². The number of anilines is 1. The molecule has 0 aliphatic carbocycles. The zero-order valence-electron chi connectivity index (χ0n) is 17.7. The monoisotopic (exact) mass is 399 g/mol. The van der Waals surface area contributed by atoms with Crippen molar-refractivity contribution >= 4 is 17.6 Å². The number of methoxy groups -OCH3 is 1. The molecule has 0 heterocycles. The van der Waals surface area contributed by atoms with Crippen molar-refractivity contribution in [2.45, 2.75) is 39.5 Å². The summed E-state index contributed by atoms with van der Waals surface area (Å²) in [6.45, 7) is 8.49. The average molecular weight is 399 g/mol. The summed E-state index contributed by atoms with van der Waals surface area (Å²) in [7, 11) is 1.54. The van der Waals surface area contributed by atoms with Crippen LogP contribution in [0.25, 0.3) is 0 Å². The zero-order valence-corrected chi connectivity index (χ0v) is 17.7. The van der Waals surface area contributed by atoms with E-state index < -0.39 is 18.5 Å². The van der Waals surface area contributed by atoms with Crippen LogP contribution in [0.15, 0.2) is 42.5 Å². The van der Waals surface area contributed by atoms with E-state index in [-0.39, 0.29) is 5.41 Å². The van der Waals surface area contributed by atoms with E-state index >= 15 is 0 Å². The molecular formula is C23H29NO5. The van der Waals surface area contributed by atoms with Crippen LogP contribution in [0, 0.1) is 0 Å². The zero-order chi connectivity index (χ0) is 21.4. The summed E-state index contributed by atoms with van der Waals surface area (Å²) in [5.41, 5.74) is 1.87. The van der Waals surface area contributed by atoms with Gasteiger partial charge in [-0.1, -0.05) is 33.8 Å². The molecule has 156 valence electrons. The second kappa shape index (κ2) is 9.96. The molecule has 0 fully saturated rings. The van der Waals surface area contributed by atoms with Crippen molar-refractivity contribution in [2.24, 2.45) is 0 Å². The third-order valence-electron chi connectivity index (χ3n) is 4.24. The van der Waals surface area contributed by atoms with Crippen molar-refractivity contribution in [1.82, 2.24) is 0 Å². The van der Waals surface area contributed by atoms with Gasteiger partial charge in [-0.3, -0.25) is 4.79 Å². The predicted octanol–water partition coefficient (Wildman–Crippen LogP) is 4.58. The summed E-state index contributed by atoms with van der Waals surface area (Å²) in [6.07, 6.45) is 0.905. The van der Waals surface area contributed by atoms with Gasteiger partial charge in [-0.2, -0.15) is 0 Å². The van der Waals surface area contributed by atoms with Gasteiger partial charge in [-0.25, -0.2) is 4.79 Å². The first-order valence-corrected chi connectivity index (χ1v) is 9.63. The highest BCUT2D eigenvalue weighted by molar-refractivity contribution is 5.96. The minimum absolute atomic E-state index is 0.0782. The van der Waals surface area contributed by atoms with Crippen LogP contribution in [0.5, 0.6) is 11.5 Å². The lowest BCUT2D eigenvalue weighted by Crippen LogP contribution is -2.22. The normalized spacial score (nSPS) is 10.9. The van der Waals surface area contributed by atoms with Gasteiger partial charge in [0.15, 0.2) is 6.61 Å². The molecule has 2 rings (SSSR count). The molecule has 0 unspecified atom stereocenters. The van der Waals surface area contributed by atoms with E-state index in [1.54, 1.807) is 24.3 Å². The first-order valence-electron chi connectivity index (χ1n) is 9.63. The molecule has 1 N–H and O–H groups in total. The minimum atomic E-state index is -0.572. The third kappa shape index (κ3) is 6.52. The predicted molar refractivity (Wildman–Crippen MR) is 113 cm³/mol. The number of amides is 1. The number of nitrogens with one attached hydrogen (secondary N) is 1. The van der Waals surface area contributed by atoms with Crippen molar-refractivity contribution in [1.29, 1.82) is 0 Å². The molecule has 1 amide bonds. The molecule has 0 radical (unpaired) electrons. The van der Waals surface area contributed by atoms with E-state index in [4.69, 9.17) is 14.2 Å². The Morgan fingerprint density at radius 1 is 1.03 bits per heavy atom. The lowest BCUT2D eigenvalue weighted by atomic mass is 9.87. The Kier molecular flexibility index (Phi) is 7.65. The van der Waals surface area contributed by atoms with Crippen LogP contribution in [0.3, 0.4) is 0 Å². The van der Waals surface area contributed by atoms with Gasteiger partial charge in [0, 0.05) is 0 Å². The van der Waals surface area contributed by atoms with Gasteiger partial charge in [-0.15, -0.1) is 0 Å². The first-order chi connectivity index (χ1) is 13.7. The van der Waals surface area contributed by atoms with Gasteiger partial charge >= 0.3 is 5.97 Å². The van der Waals surface area contributed by atoms with Crippen molar-refractivity contribution in [2.75, 3.05) is 25.6 Å². The lowest BCUT2D eigenvalue weighted by Gasteiger charge is -2.21. The summed E-state index contributed by atoms with van der Waals surface area (Å²) >= 11 is 0. The number of esters is 1. The molecule has 2 aromatic carbocycles. The fourth-order valence-electron chi connectivity index (χ4n) is 2.58. The van der Waals surface area contributed by atoms with E-state index in [2.05, 4.69) is 26.1 Å². The molecule has 6 heteroatoms. The molecule has 0 saturated carbocycles. The fourth-order valence-corrected chi connectivity index (χ4v) is 2.58. The van der Waals surface area contributed by atoms with Crippen molar-refractivity contribution in [3.8, 4) is 11.5 Å². The van der Waals surface area contributed by atoms with Gasteiger partial charge in [0.1, 0.15) is 11.5 Å². The maximum Gasteiger partial charge on any atom is 0.338 e. The smallest absolute Gasteiger partial charge is 0.338 e. The molecule has 0 aliphatic rings. The van der Waals surface area contributed by atoms with Gasteiger partial charge in [0.2, 0.25) is 0 Å². The molecule has 0 spiro atoms. The number of carbonyl (C=O) groups excluding carboxylic acids is 2. The Hall–Kier alpha value is -3.02. The quantitative estimate of drug-likeness (QED) is 0.658. The van der Waals surface area contributed by atoms with Crippen molar-refractivity contribution in [3.63, 3.8) is 0 Å². The maximum atomic E-state index is 12.3. The number of carbonyl (C=O) groups is 2. The second-order valence-electron chi connectivity index (χ2n) is 7.66. The topological polar surface area (TPSA) is 73.9 Å². The Bertz CT molecular complexity index is 837. The van der Waals surface area contributed by atoms with Crippen LogP contribution >= 0.6 is 0 Å². The lowest BCUT2D eigenvalue weighted by molar-refractivity contribution is -0.119. The Balaban J connectivity index is 1.96. The average Bonchev–Trinajstić information content (AvgIpc) is 2.70. The minimum Gasteiger partial charge on any atom is -0.495 e. The molecule has 0 aromatic heterocycles. The van der Waals surface area contributed by atoms with Crippen LogP contribution in [-0.4, -0.2) is 32.2 Å². The molecule has 29 heavy (non-hydrogen) atoms. The summed E-state index contributed by atoms with van der Waals surface area (Å²) in [6, 6.07) is 12.3. The fraction of sp³-hybridized carbons (Fsp3) is 0.391. The van der Waals surface area contributed by atoms with Gasteiger partial charge < -0.3 is 19.5 Å². The number of rotatable bonds is 8. The van der Waals surface area contributed by atoms with E-state index in [1.807, 2.05) is 25.1 Å². The summed E-state index contributed by atoms with van der Waals surface area (Å²) in [4.78, 5) is 24.5. The largest absolute Gasteiger partial charge is 0.495 e. The molecule has 6 nitrogen and oxygen atoms in total. The van der Waals surface area contributed by atoms with Crippen molar-refractivity contribution in [3.05, 3.63) is 53.6 Å². The highest BCUT2D eigenvalue weighted by Gasteiger charge is 2.17. The van der Waals surface area contributed by atoms with E-state index in [0.717, 1.165) is 12.0 Å². The molecular weight excluding hydrogens is 370 g/mol. The van der Waals surface area contributed by atoms with Crippen LogP contribution in [0.2, 0.25) is 0 Å².